The second kappa shape index (κ2) is 28.4. The van der Waals surface area contributed by atoms with Crippen molar-refractivity contribution in [2.75, 3.05) is 34.4 Å². The number of allylic oxidation sites excluding steroid dienone is 5. The number of amides is 1. The maximum atomic E-state index is 14.8. The number of hydrogen-bond donors (Lipinski definition) is 2. The maximum Gasteiger partial charge on any atom is 0.312 e. The van der Waals surface area contributed by atoms with Gasteiger partial charge in [0.25, 0.3) is 11.7 Å². The van der Waals surface area contributed by atoms with Gasteiger partial charge >= 0.3 is 5.97 Å². The van der Waals surface area contributed by atoms with Gasteiger partial charge in [-0.05, 0) is 143 Å². The van der Waals surface area contributed by atoms with Crippen LogP contribution < -0.4 is 0 Å². The van der Waals surface area contributed by atoms with Crippen LogP contribution in [0.25, 0.3) is 10.4 Å². The first kappa shape index (κ1) is 59.5. The quantitative estimate of drug-likeness (QED) is 0.0729. The zero-order valence-corrected chi connectivity index (χ0v) is 44.3. The number of piperidine rings is 1. The normalized spacial score (nSPS) is 38.2. The number of carbonyl (C=O) groups excluding carboxylic acids is 6. The van der Waals surface area contributed by atoms with Gasteiger partial charge in [0.1, 0.15) is 30.1 Å². The number of ether oxygens (including phenoxy) is 4. The van der Waals surface area contributed by atoms with E-state index in [1.165, 1.54) is 12.0 Å². The van der Waals surface area contributed by atoms with Gasteiger partial charge in [0, 0.05) is 57.5 Å². The van der Waals surface area contributed by atoms with Gasteiger partial charge in [0.05, 0.1) is 24.4 Å². The van der Waals surface area contributed by atoms with E-state index in [4.69, 9.17) is 24.5 Å². The molecule has 0 radical (unpaired) electrons. The van der Waals surface area contributed by atoms with Crippen molar-refractivity contribution in [2.45, 2.75) is 187 Å². The number of carbonyl (C=O) groups is 6. The number of fused-ring (bicyclic) bond motifs is 3. The van der Waals surface area contributed by atoms with Crippen LogP contribution in [0, 0.1) is 53.3 Å². The highest BCUT2D eigenvalue weighted by atomic mass is 16.6. The largest absolute Gasteiger partial charge is 0.459 e. The molecule has 16 heteroatoms. The lowest BCUT2D eigenvalue weighted by Gasteiger charge is -2.43. The number of ketones is 4. The van der Waals surface area contributed by atoms with Crippen molar-refractivity contribution in [3.05, 3.63) is 46.4 Å². The number of aliphatic hydroxyl groups excluding tert-OH is 1. The summed E-state index contributed by atoms with van der Waals surface area (Å²) in [6.07, 6.45) is 13.1. The van der Waals surface area contributed by atoms with Crippen LogP contribution >= 0.6 is 0 Å². The van der Waals surface area contributed by atoms with Gasteiger partial charge in [-0.3, -0.25) is 28.8 Å². The summed E-state index contributed by atoms with van der Waals surface area (Å²) >= 11 is 0. The van der Waals surface area contributed by atoms with E-state index in [1.807, 2.05) is 71.9 Å². The van der Waals surface area contributed by atoms with Gasteiger partial charge < -0.3 is 34.1 Å². The minimum absolute atomic E-state index is 0.0184. The zero-order valence-electron chi connectivity index (χ0n) is 44.3. The maximum absolute atomic E-state index is 14.8. The van der Waals surface area contributed by atoms with Gasteiger partial charge in [0.15, 0.2) is 11.6 Å². The zero-order chi connectivity index (χ0) is 52.6. The number of nitrogens with zero attached hydrogens (tertiary/aromatic N) is 4. The van der Waals surface area contributed by atoms with E-state index in [-0.39, 0.29) is 79.4 Å². The van der Waals surface area contributed by atoms with E-state index in [9.17, 15) is 39.0 Å². The molecule has 2 bridgehead atoms. The highest BCUT2D eigenvalue weighted by Gasteiger charge is 2.51. The van der Waals surface area contributed by atoms with E-state index in [1.54, 1.807) is 21.1 Å². The molecule has 4 aliphatic rings. The van der Waals surface area contributed by atoms with Crippen molar-refractivity contribution in [3.63, 3.8) is 0 Å². The summed E-state index contributed by atoms with van der Waals surface area (Å²) in [5.74, 6) is -5.40. The summed E-state index contributed by atoms with van der Waals surface area (Å²) in [7, 11) is 4.60. The van der Waals surface area contributed by atoms with Gasteiger partial charge in [-0.2, -0.15) is 0 Å². The first-order valence-corrected chi connectivity index (χ1v) is 26.3. The molecule has 2 saturated carbocycles. The Morgan fingerprint density at radius 2 is 1.58 bits per heavy atom. The molecule has 0 aromatic rings. The molecule has 71 heavy (non-hydrogen) atoms. The van der Waals surface area contributed by atoms with E-state index >= 15 is 0 Å². The van der Waals surface area contributed by atoms with Crippen molar-refractivity contribution in [3.8, 4) is 0 Å². The lowest BCUT2D eigenvalue weighted by Crippen LogP contribution is -2.59. The van der Waals surface area contributed by atoms with Crippen LogP contribution in [0.3, 0.4) is 0 Å². The van der Waals surface area contributed by atoms with E-state index in [0.717, 1.165) is 12.0 Å². The topological polar surface area (TPSA) is 232 Å². The van der Waals surface area contributed by atoms with E-state index in [0.29, 0.717) is 64.2 Å². The van der Waals surface area contributed by atoms with Crippen molar-refractivity contribution in [1.82, 2.24) is 4.90 Å². The molecule has 2 aliphatic carbocycles. The monoisotopic (exact) mass is 995 g/mol. The molecule has 4 unspecified atom stereocenters. The Morgan fingerprint density at radius 3 is 2.25 bits per heavy atom. The highest BCUT2D eigenvalue weighted by Crippen LogP contribution is 2.42. The number of rotatable bonds is 9. The molecule has 0 aromatic carbocycles. The summed E-state index contributed by atoms with van der Waals surface area (Å²) in [6.45, 7) is 13.1. The second-order valence-electron chi connectivity index (χ2n) is 21.9. The van der Waals surface area contributed by atoms with Crippen LogP contribution in [-0.4, -0.2) is 127 Å². The fraction of sp³-hybridized carbons (Fsp3) is 0.782. The van der Waals surface area contributed by atoms with Crippen molar-refractivity contribution < 1.29 is 57.9 Å². The van der Waals surface area contributed by atoms with Crippen LogP contribution in [-0.2, 0) is 47.7 Å². The third-order valence-electron chi connectivity index (χ3n) is 16.5. The summed E-state index contributed by atoms with van der Waals surface area (Å²) in [5, 5.41) is 27.1. The summed E-state index contributed by atoms with van der Waals surface area (Å²) in [6, 6.07) is -0.900. The van der Waals surface area contributed by atoms with Crippen LogP contribution in [0.15, 0.2) is 41.1 Å². The molecule has 3 fully saturated rings. The number of esters is 1. The lowest BCUT2D eigenvalue weighted by molar-refractivity contribution is -0.165. The minimum Gasteiger partial charge on any atom is -0.459 e. The SMILES string of the molecule is COC1C[C@H]2CC[C@@H](C)[C@@](O)(C2)C(=O)C(=O)N2CCCC[C@H]2C(=O)C[C@@H]([C@@H](C)CC2CC[C@@H](OC(=O)CN=[N+]=[N-])[C@@H](OC)C2)CC(=O)[C@@H](C)CC(C)[C@@H](O)C(OC)C(=O)[C@H](C)C[C@@H](C)/C=C/C=C/C=C/1C. The van der Waals surface area contributed by atoms with Gasteiger partial charge in [0.2, 0.25) is 0 Å². The van der Waals surface area contributed by atoms with Gasteiger partial charge in [-0.1, -0.05) is 77.0 Å². The van der Waals surface area contributed by atoms with Crippen LogP contribution in [0.2, 0.25) is 0 Å². The molecule has 2 N–H and O–H groups in total. The Labute approximate surface area is 422 Å². The molecule has 2 aliphatic heterocycles. The highest BCUT2D eigenvalue weighted by molar-refractivity contribution is 6.39. The van der Waals surface area contributed by atoms with E-state index in [2.05, 4.69) is 10.0 Å². The second-order valence-corrected chi connectivity index (χ2v) is 21.9. The number of Topliss-reactive ketones (excluding diaryl/α,β-unsaturated/α-hetero) is 4. The number of aliphatic hydroxyl groups is 2. The molecule has 16 atom stereocenters. The van der Waals surface area contributed by atoms with Crippen molar-refractivity contribution in [2.24, 2.45) is 58.4 Å². The Bertz CT molecular complexity index is 1960. The first-order valence-electron chi connectivity index (χ1n) is 26.3. The Morgan fingerprint density at radius 1 is 0.859 bits per heavy atom. The standard InChI is InChI=1S/C55H86N4O12/c1-33-16-12-11-13-17-34(2)47(68-8)28-41-20-19-39(7)55(67,31-41)53(65)54(66)59-23-15-14-18-43(59)45(61)30-42(29-44(60)36(4)25-38(6)51(64)52(70-10)50(63)37(5)24-33)35(3)26-40-21-22-46(48(27-40)69-9)71-49(62)32-57-58-56/h11-13,16-17,33,35-43,46-48,51-52,64,67H,14-15,18-32H2,1-10H3/b13-11+,16-12+,34-17+/t33-,35-,36-,37+,38?,39+,40?,41+,42-,43-,46+,47?,48-,51+,52?,55-/m0/s1. The van der Waals surface area contributed by atoms with Crippen molar-refractivity contribution >= 4 is 35.0 Å². The fourth-order valence-corrected chi connectivity index (χ4v) is 11.9. The van der Waals surface area contributed by atoms with E-state index < -0.39 is 89.9 Å². The van der Waals surface area contributed by atoms with Crippen molar-refractivity contribution in [1.29, 1.82) is 0 Å². The predicted octanol–water partition coefficient (Wildman–Crippen LogP) is 8.45. The number of hydrogen-bond acceptors (Lipinski definition) is 13. The van der Waals surface area contributed by atoms with Crippen LogP contribution in [0.5, 0.6) is 0 Å². The summed E-state index contributed by atoms with van der Waals surface area (Å²) in [4.78, 5) is 88.2. The summed E-state index contributed by atoms with van der Waals surface area (Å²) < 4.78 is 22.9. The smallest absolute Gasteiger partial charge is 0.312 e. The van der Waals surface area contributed by atoms with Gasteiger partial charge in [-0.25, -0.2) is 0 Å². The average molecular weight is 995 g/mol. The Balaban J connectivity index is 1.67. The molecule has 398 valence electrons. The lowest BCUT2D eigenvalue weighted by atomic mass is 9.67. The van der Waals surface area contributed by atoms with Crippen LogP contribution in [0.4, 0.5) is 0 Å². The molecule has 0 aromatic heterocycles. The number of azide groups is 1. The Hall–Kier alpha value is -4.05. The molecule has 4 rings (SSSR count). The molecule has 0 spiro atoms. The molecular formula is C55H86N4O12. The minimum atomic E-state index is -1.92. The van der Waals surface area contributed by atoms with Gasteiger partial charge in [-0.15, -0.1) is 0 Å². The molecule has 2 heterocycles. The average Bonchev–Trinajstić information content (AvgIpc) is 3.35. The van der Waals surface area contributed by atoms with Crippen LogP contribution in [0.1, 0.15) is 145 Å². The number of methoxy groups -OCH3 is 3. The Kier molecular flexibility index (Phi) is 23.8. The molecule has 16 nitrogen and oxygen atoms in total. The molecule has 1 amide bonds. The fourth-order valence-electron chi connectivity index (χ4n) is 11.9. The first-order chi connectivity index (χ1) is 33.7. The predicted molar refractivity (Wildman–Crippen MR) is 270 cm³/mol. The molecule has 1 saturated heterocycles. The third-order valence-corrected chi connectivity index (χ3v) is 16.5. The summed E-state index contributed by atoms with van der Waals surface area (Å²) in [5.41, 5.74) is 7.70. The third kappa shape index (κ3) is 16.5. The molecular weight excluding hydrogens is 909 g/mol.